The molecular formula is C9H19NO5S. The molecular weight excluding hydrogens is 234 g/mol. The lowest BCUT2D eigenvalue weighted by Gasteiger charge is -2.19. The lowest BCUT2D eigenvalue weighted by Crippen LogP contribution is -2.36. The summed E-state index contributed by atoms with van der Waals surface area (Å²) in [6.07, 6.45) is 0. The van der Waals surface area contributed by atoms with Gasteiger partial charge in [-0.05, 0) is 27.7 Å². The van der Waals surface area contributed by atoms with Crippen LogP contribution >= 0.6 is 0 Å². The Bertz CT molecular complexity index is 330. The molecule has 2 N–H and O–H groups in total. The first-order valence-electron chi connectivity index (χ1n) is 4.91. The lowest BCUT2D eigenvalue weighted by atomic mass is 10.2. The van der Waals surface area contributed by atoms with Crippen LogP contribution in [0.5, 0.6) is 0 Å². The van der Waals surface area contributed by atoms with Crippen molar-refractivity contribution in [2.24, 2.45) is 0 Å². The van der Waals surface area contributed by atoms with Gasteiger partial charge in [-0.2, -0.15) is 8.42 Å². The Balaban J connectivity index is 3.88. The summed E-state index contributed by atoms with van der Waals surface area (Å²) in [5, 5.41) is 1.65. The van der Waals surface area contributed by atoms with Crippen molar-refractivity contribution < 1.29 is 22.5 Å². The number of ether oxygens (including phenoxy) is 1. The Morgan fingerprint density at radius 3 is 2.31 bits per heavy atom. The van der Waals surface area contributed by atoms with Crippen molar-refractivity contribution >= 4 is 16.1 Å². The van der Waals surface area contributed by atoms with Crippen molar-refractivity contribution in [1.29, 1.82) is 0 Å². The predicted octanol–water partition coefficient (Wildman–Crippen LogP) is 0.194. The van der Waals surface area contributed by atoms with Crippen LogP contribution in [-0.2, 0) is 19.6 Å². The van der Waals surface area contributed by atoms with Gasteiger partial charge in [0.1, 0.15) is 5.60 Å². The van der Waals surface area contributed by atoms with E-state index < -0.39 is 26.9 Å². The molecule has 16 heavy (non-hydrogen) atoms. The summed E-state index contributed by atoms with van der Waals surface area (Å²) >= 11 is 0. The maximum atomic E-state index is 11.2. The topological polar surface area (TPSA) is 92.7 Å². The molecule has 0 aliphatic carbocycles. The summed E-state index contributed by atoms with van der Waals surface area (Å²) in [7, 11) is -4.05. The molecule has 0 rings (SSSR count). The standard InChI is InChI=1S/C9H19NO5S/c1-7(16(12,13)14)5-10-6-8(11)15-9(2,3)4/h7,10H,5-6H2,1-4H3,(H,12,13,14). The summed E-state index contributed by atoms with van der Waals surface area (Å²) in [5.41, 5.74) is -0.562. The van der Waals surface area contributed by atoms with E-state index in [-0.39, 0.29) is 13.1 Å². The van der Waals surface area contributed by atoms with Gasteiger partial charge in [-0.1, -0.05) is 0 Å². The molecule has 0 heterocycles. The highest BCUT2D eigenvalue weighted by atomic mass is 32.2. The van der Waals surface area contributed by atoms with Gasteiger partial charge in [-0.25, -0.2) is 0 Å². The first-order valence-corrected chi connectivity index (χ1v) is 6.41. The number of carbonyl (C=O) groups is 1. The summed E-state index contributed by atoms with van der Waals surface area (Å²) in [4.78, 5) is 11.2. The van der Waals surface area contributed by atoms with Crippen molar-refractivity contribution in [3.8, 4) is 0 Å². The van der Waals surface area contributed by atoms with Gasteiger partial charge < -0.3 is 10.1 Å². The van der Waals surface area contributed by atoms with E-state index in [9.17, 15) is 13.2 Å². The first kappa shape index (κ1) is 15.3. The molecule has 0 amide bonds. The lowest BCUT2D eigenvalue weighted by molar-refractivity contribution is -0.153. The highest BCUT2D eigenvalue weighted by molar-refractivity contribution is 7.86. The second-order valence-electron chi connectivity index (χ2n) is 4.54. The summed E-state index contributed by atoms with van der Waals surface area (Å²) in [6.45, 7) is 6.48. The fourth-order valence-corrected chi connectivity index (χ4v) is 1.19. The first-order chi connectivity index (χ1) is 7.02. The van der Waals surface area contributed by atoms with Crippen LogP contribution in [0.3, 0.4) is 0 Å². The van der Waals surface area contributed by atoms with Crippen LogP contribution in [0.15, 0.2) is 0 Å². The second-order valence-corrected chi connectivity index (χ2v) is 6.38. The molecule has 0 radical (unpaired) electrons. The molecule has 96 valence electrons. The zero-order chi connectivity index (χ0) is 13.0. The molecule has 1 atom stereocenters. The molecule has 0 saturated carbocycles. The Kier molecular flexibility index (Phi) is 5.37. The molecule has 0 bridgehead atoms. The van der Waals surface area contributed by atoms with E-state index >= 15 is 0 Å². The Hall–Kier alpha value is -0.660. The number of rotatable bonds is 5. The molecule has 7 heteroatoms. The van der Waals surface area contributed by atoms with E-state index in [1.165, 1.54) is 6.92 Å². The number of nitrogens with one attached hydrogen (secondary N) is 1. The molecule has 0 aromatic carbocycles. The van der Waals surface area contributed by atoms with Crippen LogP contribution < -0.4 is 5.32 Å². The van der Waals surface area contributed by atoms with Crippen LogP contribution in [0.2, 0.25) is 0 Å². The molecule has 6 nitrogen and oxygen atoms in total. The van der Waals surface area contributed by atoms with Crippen LogP contribution in [0.4, 0.5) is 0 Å². The molecule has 1 unspecified atom stereocenters. The van der Waals surface area contributed by atoms with E-state index in [0.29, 0.717) is 0 Å². The summed E-state index contributed by atoms with van der Waals surface area (Å²) in [5.74, 6) is -0.463. The van der Waals surface area contributed by atoms with Crippen molar-refractivity contribution in [3.63, 3.8) is 0 Å². The summed E-state index contributed by atoms with van der Waals surface area (Å²) in [6, 6.07) is 0. The highest BCUT2D eigenvalue weighted by Gasteiger charge is 2.19. The maximum Gasteiger partial charge on any atom is 0.320 e. The van der Waals surface area contributed by atoms with Gasteiger partial charge in [0.2, 0.25) is 0 Å². The molecule has 0 aliphatic rings. The minimum absolute atomic E-state index is 0.00191. The Labute approximate surface area is 96.1 Å². The van der Waals surface area contributed by atoms with E-state index in [1.807, 2.05) is 0 Å². The highest BCUT2D eigenvalue weighted by Crippen LogP contribution is 2.06. The third-order valence-electron chi connectivity index (χ3n) is 1.63. The van der Waals surface area contributed by atoms with Gasteiger partial charge in [0, 0.05) is 6.54 Å². The third-order valence-corrected chi connectivity index (χ3v) is 2.81. The molecule has 0 saturated heterocycles. The van der Waals surface area contributed by atoms with Gasteiger partial charge in [0.25, 0.3) is 10.1 Å². The largest absolute Gasteiger partial charge is 0.459 e. The van der Waals surface area contributed by atoms with Crippen LogP contribution in [0, 0.1) is 0 Å². The fraction of sp³-hybridized carbons (Fsp3) is 0.889. The number of hydrogen-bond acceptors (Lipinski definition) is 5. The molecule has 0 spiro atoms. The SMILES string of the molecule is CC(CNCC(=O)OC(C)(C)C)S(=O)(=O)O. The Morgan fingerprint density at radius 1 is 1.44 bits per heavy atom. The van der Waals surface area contributed by atoms with E-state index in [1.54, 1.807) is 20.8 Å². The van der Waals surface area contributed by atoms with E-state index in [2.05, 4.69) is 5.32 Å². The smallest absolute Gasteiger partial charge is 0.320 e. The van der Waals surface area contributed by atoms with Gasteiger partial charge in [0.15, 0.2) is 0 Å². The van der Waals surface area contributed by atoms with Crippen molar-refractivity contribution in [3.05, 3.63) is 0 Å². The monoisotopic (exact) mass is 253 g/mol. The Morgan fingerprint density at radius 2 is 1.94 bits per heavy atom. The zero-order valence-electron chi connectivity index (χ0n) is 9.98. The van der Waals surface area contributed by atoms with Crippen molar-refractivity contribution in [2.75, 3.05) is 13.1 Å². The molecule has 0 aromatic rings. The fourth-order valence-electron chi connectivity index (χ4n) is 0.860. The van der Waals surface area contributed by atoms with Gasteiger partial charge >= 0.3 is 5.97 Å². The normalized spacial score (nSPS) is 14.6. The van der Waals surface area contributed by atoms with Gasteiger partial charge in [-0.3, -0.25) is 9.35 Å². The third kappa shape index (κ3) is 7.61. The van der Waals surface area contributed by atoms with Crippen LogP contribution in [-0.4, -0.2) is 42.9 Å². The van der Waals surface area contributed by atoms with Gasteiger partial charge in [-0.15, -0.1) is 0 Å². The predicted molar refractivity (Wildman–Crippen MR) is 59.7 cm³/mol. The second kappa shape index (κ2) is 5.60. The van der Waals surface area contributed by atoms with Crippen LogP contribution in [0.1, 0.15) is 27.7 Å². The number of esters is 1. The van der Waals surface area contributed by atoms with Gasteiger partial charge in [0.05, 0.1) is 11.8 Å². The molecule has 0 aliphatic heterocycles. The zero-order valence-corrected chi connectivity index (χ0v) is 10.8. The van der Waals surface area contributed by atoms with Crippen molar-refractivity contribution in [2.45, 2.75) is 38.5 Å². The van der Waals surface area contributed by atoms with Crippen LogP contribution in [0.25, 0.3) is 0 Å². The molecule has 0 aromatic heterocycles. The quantitative estimate of drug-likeness (QED) is 0.537. The van der Waals surface area contributed by atoms with E-state index in [0.717, 1.165) is 0 Å². The number of carbonyl (C=O) groups excluding carboxylic acids is 1. The number of hydrogen-bond donors (Lipinski definition) is 2. The minimum Gasteiger partial charge on any atom is -0.459 e. The average Bonchev–Trinajstić information content (AvgIpc) is 1.98. The average molecular weight is 253 g/mol. The van der Waals surface area contributed by atoms with Crippen molar-refractivity contribution in [1.82, 2.24) is 5.32 Å². The minimum atomic E-state index is -4.05. The maximum absolute atomic E-state index is 11.2. The van der Waals surface area contributed by atoms with E-state index in [4.69, 9.17) is 9.29 Å². The molecule has 0 fully saturated rings. The summed E-state index contributed by atoms with van der Waals surface area (Å²) < 4.78 is 34.9.